The molecule has 3 rings (SSSR count). The van der Waals surface area contributed by atoms with E-state index in [9.17, 15) is 9.59 Å². The van der Waals surface area contributed by atoms with Gasteiger partial charge in [-0.3, -0.25) is 4.79 Å². The highest BCUT2D eigenvalue weighted by Gasteiger charge is 2.27. The summed E-state index contributed by atoms with van der Waals surface area (Å²) in [6.07, 6.45) is 1.26. The molecule has 0 unspecified atom stereocenters. The molecule has 0 saturated carbocycles. The summed E-state index contributed by atoms with van der Waals surface area (Å²) in [5, 5.41) is 9.43. The maximum Gasteiger partial charge on any atom is 0.321 e. The Morgan fingerprint density at radius 2 is 1.92 bits per heavy atom. The highest BCUT2D eigenvalue weighted by molar-refractivity contribution is 5.92. The standard InChI is InChI=1S/C18H22N4O3/c1-12-4-3-5-15(10-12)19-18(24)22-8-6-14(7-9-22)17(23)20-16-11-13(2)25-21-16/h3-5,10-11,14H,6-9H2,1-2H3,(H,19,24)(H,20,21,23). The minimum atomic E-state index is -0.128. The average Bonchev–Trinajstić information content (AvgIpc) is 3.00. The van der Waals surface area contributed by atoms with Crippen molar-refractivity contribution in [2.75, 3.05) is 23.7 Å². The Kier molecular flexibility index (Phi) is 5.02. The second-order valence-electron chi connectivity index (χ2n) is 6.37. The Labute approximate surface area is 146 Å². The molecule has 132 valence electrons. The van der Waals surface area contributed by atoms with Crippen molar-refractivity contribution >= 4 is 23.4 Å². The zero-order chi connectivity index (χ0) is 17.8. The summed E-state index contributed by atoms with van der Waals surface area (Å²) in [5.41, 5.74) is 1.88. The molecule has 0 radical (unpaired) electrons. The first kappa shape index (κ1) is 17.0. The Hall–Kier alpha value is -2.83. The molecule has 2 heterocycles. The number of nitrogens with one attached hydrogen (secondary N) is 2. The summed E-state index contributed by atoms with van der Waals surface area (Å²) in [6.45, 7) is 4.85. The van der Waals surface area contributed by atoms with Crippen LogP contribution in [0, 0.1) is 19.8 Å². The Bertz CT molecular complexity index is 763. The SMILES string of the molecule is Cc1cccc(NC(=O)N2CCC(C(=O)Nc3cc(C)on3)CC2)c1. The van der Waals surface area contributed by atoms with Gasteiger partial charge in [0.15, 0.2) is 5.82 Å². The number of amides is 3. The number of carbonyl (C=O) groups is 2. The van der Waals surface area contributed by atoms with E-state index in [1.54, 1.807) is 17.9 Å². The molecule has 0 atom stereocenters. The van der Waals surface area contributed by atoms with Crippen LogP contribution in [0.1, 0.15) is 24.2 Å². The van der Waals surface area contributed by atoms with Crippen LogP contribution >= 0.6 is 0 Å². The number of aryl methyl sites for hydroxylation is 2. The van der Waals surface area contributed by atoms with Gasteiger partial charge in [0.2, 0.25) is 5.91 Å². The molecular weight excluding hydrogens is 320 g/mol. The molecule has 2 aromatic rings. The van der Waals surface area contributed by atoms with Gasteiger partial charge in [-0.15, -0.1) is 0 Å². The number of hydrogen-bond donors (Lipinski definition) is 2. The van der Waals surface area contributed by atoms with Crippen LogP contribution in [0.2, 0.25) is 0 Å². The Balaban J connectivity index is 1.49. The van der Waals surface area contributed by atoms with Crippen molar-refractivity contribution in [1.29, 1.82) is 0 Å². The summed E-state index contributed by atoms with van der Waals surface area (Å²) in [7, 11) is 0. The van der Waals surface area contributed by atoms with Crippen molar-refractivity contribution in [3.63, 3.8) is 0 Å². The number of aromatic nitrogens is 1. The molecule has 1 aromatic carbocycles. The molecule has 0 spiro atoms. The van der Waals surface area contributed by atoms with Crippen LogP contribution in [0.5, 0.6) is 0 Å². The molecular formula is C18H22N4O3. The van der Waals surface area contributed by atoms with E-state index >= 15 is 0 Å². The van der Waals surface area contributed by atoms with Crippen LogP contribution < -0.4 is 10.6 Å². The maximum atomic E-state index is 12.3. The third-order valence-corrected chi connectivity index (χ3v) is 4.30. The number of anilines is 2. The van der Waals surface area contributed by atoms with E-state index in [-0.39, 0.29) is 17.9 Å². The van der Waals surface area contributed by atoms with E-state index in [4.69, 9.17) is 4.52 Å². The van der Waals surface area contributed by atoms with Gasteiger partial charge in [0, 0.05) is 30.8 Å². The first-order valence-electron chi connectivity index (χ1n) is 8.38. The lowest BCUT2D eigenvalue weighted by atomic mass is 9.96. The summed E-state index contributed by atoms with van der Waals surface area (Å²) in [5.74, 6) is 0.882. The predicted molar refractivity (Wildman–Crippen MR) is 94.4 cm³/mol. The third kappa shape index (κ3) is 4.37. The van der Waals surface area contributed by atoms with Gasteiger partial charge in [-0.05, 0) is 44.4 Å². The van der Waals surface area contributed by atoms with Crippen molar-refractivity contribution < 1.29 is 14.1 Å². The molecule has 1 saturated heterocycles. The Morgan fingerprint density at radius 3 is 2.56 bits per heavy atom. The minimum Gasteiger partial charge on any atom is -0.360 e. The van der Waals surface area contributed by atoms with Gasteiger partial charge in [-0.25, -0.2) is 4.79 Å². The predicted octanol–water partition coefficient (Wildman–Crippen LogP) is 3.17. The largest absolute Gasteiger partial charge is 0.360 e. The number of piperidine rings is 1. The summed E-state index contributed by atoms with van der Waals surface area (Å²) < 4.78 is 4.94. The van der Waals surface area contributed by atoms with Crippen molar-refractivity contribution in [3.8, 4) is 0 Å². The maximum absolute atomic E-state index is 12.3. The molecule has 25 heavy (non-hydrogen) atoms. The average molecular weight is 342 g/mol. The number of rotatable bonds is 3. The van der Waals surface area contributed by atoms with Crippen LogP contribution in [0.15, 0.2) is 34.9 Å². The second kappa shape index (κ2) is 7.38. The molecule has 0 bridgehead atoms. The van der Waals surface area contributed by atoms with Crippen LogP contribution in [-0.2, 0) is 4.79 Å². The fourth-order valence-electron chi connectivity index (χ4n) is 2.92. The van der Waals surface area contributed by atoms with E-state index in [1.165, 1.54) is 0 Å². The van der Waals surface area contributed by atoms with E-state index in [1.807, 2.05) is 31.2 Å². The van der Waals surface area contributed by atoms with Gasteiger partial charge in [0.25, 0.3) is 0 Å². The molecule has 7 nitrogen and oxygen atoms in total. The highest BCUT2D eigenvalue weighted by Crippen LogP contribution is 2.20. The fourth-order valence-corrected chi connectivity index (χ4v) is 2.92. The lowest BCUT2D eigenvalue weighted by Crippen LogP contribution is -2.43. The molecule has 0 aliphatic carbocycles. The van der Waals surface area contributed by atoms with Gasteiger partial charge < -0.3 is 20.1 Å². The summed E-state index contributed by atoms with van der Waals surface area (Å²) in [4.78, 5) is 26.4. The van der Waals surface area contributed by atoms with E-state index in [0.717, 1.165) is 11.3 Å². The molecule has 2 N–H and O–H groups in total. The number of nitrogens with zero attached hydrogens (tertiary/aromatic N) is 2. The monoisotopic (exact) mass is 342 g/mol. The smallest absolute Gasteiger partial charge is 0.321 e. The third-order valence-electron chi connectivity index (χ3n) is 4.30. The first-order chi connectivity index (χ1) is 12.0. The number of hydrogen-bond acceptors (Lipinski definition) is 4. The van der Waals surface area contributed by atoms with Crippen molar-refractivity contribution in [2.45, 2.75) is 26.7 Å². The van der Waals surface area contributed by atoms with Crippen LogP contribution in [0.4, 0.5) is 16.3 Å². The number of benzene rings is 1. The summed E-state index contributed by atoms with van der Waals surface area (Å²) in [6, 6.07) is 9.24. The van der Waals surface area contributed by atoms with Gasteiger partial charge in [-0.2, -0.15) is 0 Å². The van der Waals surface area contributed by atoms with Crippen molar-refractivity contribution in [2.24, 2.45) is 5.92 Å². The van der Waals surface area contributed by atoms with Crippen LogP contribution in [0.25, 0.3) is 0 Å². The van der Waals surface area contributed by atoms with Gasteiger partial charge >= 0.3 is 6.03 Å². The number of likely N-dealkylation sites (tertiary alicyclic amines) is 1. The van der Waals surface area contributed by atoms with E-state index in [0.29, 0.717) is 37.5 Å². The van der Waals surface area contributed by atoms with Gasteiger partial charge in [0.05, 0.1) is 0 Å². The summed E-state index contributed by atoms with van der Waals surface area (Å²) >= 11 is 0. The molecule has 1 fully saturated rings. The topological polar surface area (TPSA) is 87.5 Å². The molecule has 7 heteroatoms. The van der Waals surface area contributed by atoms with Crippen molar-refractivity contribution in [1.82, 2.24) is 10.1 Å². The van der Waals surface area contributed by atoms with E-state index in [2.05, 4.69) is 15.8 Å². The molecule has 1 aromatic heterocycles. The molecule has 1 aliphatic rings. The van der Waals surface area contributed by atoms with E-state index < -0.39 is 0 Å². The minimum absolute atomic E-state index is 0.0768. The van der Waals surface area contributed by atoms with Crippen LogP contribution in [-0.4, -0.2) is 35.1 Å². The highest BCUT2D eigenvalue weighted by atomic mass is 16.5. The van der Waals surface area contributed by atoms with Gasteiger partial charge in [-0.1, -0.05) is 17.3 Å². The number of carbonyl (C=O) groups excluding carboxylic acids is 2. The van der Waals surface area contributed by atoms with Gasteiger partial charge in [0.1, 0.15) is 5.76 Å². The fraction of sp³-hybridized carbons (Fsp3) is 0.389. The zero-order valence-electron chi connectivity index (χ0n) is 14.4. The zero-order valence-corrected chi connectivity index (χ0v) is 14.4. The van der Waals surface area contributed by atoms with Crippen molar-refractivity contribution in [3.05, 3.63) is 41.7 Å². The lowest BCUT2D eigenvalue weighted by Gasteiger charge is -2.31. The lowest BCUT2D eigenvalue weighted by molar-refractivity contribution is -0.121. The quantitative estimate of drug-likeness (QED) is 0.897. The molecule has 1 aliphatic heterocycles. The second-order valence-corrected chi connectivity index (χ2v) is 6.37. The Morgan fingerprint density at radius 1 is 1.16 bits per heavy atom. The van der Waals surface area contributed by atoms with Crippen LogP contribution in [0.3, 0.4) is 0 Å². The molecule has 3 amide bonds. The normalized spacial score (nSPS) is 15.0. The number of urea groups is 1. The first-order valence-corrected chi connectivity index (χ1v) is 8.38.